The van der Waals surface area contributed by atoms with Gasteiger partial charge >= 0.3 is 0 Å². The van der Waals surface area contributed by atoms with E-state index in [9.17, 15) is 14.0 Å². The molecule has 31 heavy (non-hydrogen) atoms. The largest absolute Gasteiger partial charge is 0.368 e. The molecule has 2 heterocycles. The molecular weight excluding hydrogens is 397 g/mol. The number of para-hydroxylation sites is 1. The lowest BCUT2D eigenvalue weighted by atomic mass is 10.0. The standard InChI is InChI=1S/C24H24FN3O3/c1-27(2)24(30)19-14-21(26-20-6-4-3-5-18(19)20)22-15-28(11-12-31-22)23(29)13-16-7-9-17(25)10-8-16/h3-10,14,22H,11-13,15H2,1-2H3/t22-/m0/s1. The van der Waals surface area contributed by atoms with Gasteiger partial charge in [-0.05, 0) is 29.8 Å². The summed E-state index contributed by atoms with van der Waals surface area (Å²) in [6.45, 7) is 1.21. The highest BCUT2D eigenvalue weighted by Crippen LogP contribution is 2.27. The van der Waals surface area contributed by atoms with E-state index in [1.165, 1.54) is 17.0 Å². The SMILES string of the molecule is CN(C)C(=O)c1cc([C@@H]2CN(C(=O)Cc3ccc(F)cc3)CCO2)nc2ccccc12. The normalized spacial score (nSPS) is 16.4. The molecule has 4 rings (SSSR count). The molecule has 1 aliphatic rings. The Labute approximate surface area is 180 Å². The third-order valence-corrected chi connectivity index (χ3v) is 5.39. The Morgan fingerprint density at radius 3 is 2.65 bits per heavy atom. The molecule has 1 fully saturated rings. The summed E-state index contributed by atoms with van der Waals surface area (Å²) < 4.78 is 19.0. The van der Waals surface area contributed by atoms with E-state index >= 15 is 0 Å². The third kappa shape index (κ3) is 4.56. The number of ether oxygens (including phenoxy) is 1. The molecule has 1 aromatic heterocycles. The van der Waals surface area contributed by atoms with Gasteiger partial charge in [-0.2, -0.15) is 0 Å². The van der Waals surface area contributed by atoms with Gasteiger partial charge in [-0.1, -0.05) is 30.3 Å². The summed E-state index contributed by atoms with van der Waals surface area (Å²) >= 11 is 0. The van der Waals surface area contributed by atoms with Crippen LogP contribution in [0.15, 0.2) is 54.6 Å². The van der Waals surface area contributed by atoms with Crippen LogP contribution in [0.1, 0.15) is 27.7 Å². The lowest BCUT2D eigenvalue weighted by molar-refractivity contribution is -0.138. The van der Waals surface area contributed by atoms with Gasteiger partial charge in [0.2, 0.25) is 5.91 Å². The number of carbonyl (C=O) groups is 2. The minimum Gasteiger partial charge on any atom is -0.368 e. The van der Waals surface area contributed by atoms with Crippen LogP contribution in [0.3, 0.4) is 0 Å². The highest BCUT2D eigenvalue weighted by Gasteiger charge is 2.28. The van der Waals surface area contributed by atoms with Crippen molar-refractivity contribution in [3.05, 3.63) is 77.2 Å². The lowest BCUT2D eigenvalue weighted by Crippen LogP contribution is -2.43. The highest BCUT2D eigenvalue weighted by atomic mass is 19.1. The molecule has 0 saturated carbocycles. The summed E-state index contributed by atoms with van der Waals surface area (Å²) in [5, 5.41) is 0.782. The number of carbonyl (C=O) groups excluding carboxylic acids is 2. The van der Waals surface area contributed by atoms with Gasteiger partial charge in [0.05, 0.1) is 36.3 Å². The van der Waals surface area contributed by atoms with Crippen molar-refractivity contribution in [2.75, 3.05) is 33.8 Å². The van der Waals surface area contributed by atoms with Crippen LogP contribution in [0.2, 0.25) is 0 Å². The molecule has 0 aliphatic carbocycles. The number of amides is 2. The Kier molecular flexibility index (Phi) is 5.95. The van der Waals surface area contributed by atoms with Crippen molar-refractivity contribution in [3.63, 3.8) is 0 Å². The van der Waals surface area contributed by atoms with Crippen molar-refractivity contribution in [3.8, 4) is 0 Å². The molecule has 2 amide bonds. The molecule has 0 unspecified atom stereocenters. The van der Waals surface area contributed by atoms with E-state index in [2.05, 4.69) is 0 Å². The molecule has 1 atom stereocenters. The van der Waals surface area contributed by atoms with Gasteiger partial charge in [-0.25, -0.2) is 9.37 Å². The summed E-state index contributed by atoms with van der Waals surface area (Å²) in [6, 6.07) is 15.2. The number of halogens is 1. The Bertz CT molecular complexity index is 1110. The highest BCUT2D eigenvalue weighted by molar-refractivity contribution is 6.06. The van der Waals surface area contributed by atoms with Crippen LogP contribution >= 0.6 is 0 Å². The third-order valence-electron chi connectivity index (χ3n) is 5.39. The Morgan fingerprint density at radius 2 is 1.90 bits per heavy atom. The minimum atomic E-state index is -0.427. The number of pyridine rings is 1. The fraction of sp³-hybridized carbons (Fsp3) is 0.292. The quantitative estimate of drug-likeness (QED) is 0.649. The van der Waals surface area contributed by atoms with E-state index in [4.69, 9.17) is 9.72 Å². The van der Waals surface area contributed by atoms with Crippen LogP contribution in [0, 0.1) is 5.82 Å². The molecule has 7 heteroatoms. The summed E-state index contributed by atoms with van der Waals surface area (Å²) in [4.78, 5) is 33.5. The molecule has 2 aromatic carbocycles. The average Bonchev–Trinajstić information content (AvgIpc) is 2.79. The van der Waals surface area contributed by atoms with Crippen molar-refractivity contribution in [1.29, 1.82) is 0 Å². The van der Waals surface area contributed by atoms with Gasteiger partial charge in [0.1, 0.15) is 11.9 Å². The zero-order valence-corrected chi connectivity index (χ0v) is 17.5. The molecule has 1 saturated heterocycles. The molecule has 6 nitrogen and oxygen atoms in total. The van der Waals surface area contributed by atoms with E-state index in [0.717, 1.165) is 10.9 Å². The summed E-state index contributed by atoms with van der Waals surface area (Å²) in [7, 11) is 3.42. The van der Waals surface area contributed by atoms with Crippen LogP contribution in [-0.2, 0) is 16.0 Å². The number of fused-ring (bicyclic) bond motifs is 1. The van der Waals surface area contributed by atoms with Gasteiger partial charge in [-0.15, -0.1) is 0 Å². The van der Waals surface area contributed by atoms with Gasteiger partial charge < -0.3 is 14.5 Å². The van der Waals surface area contributed by atoms with E-state index in [-0.39, 0.29) is 24.1 Å². The van der Waals surface area contributed by atoms with Gasteiger partial charge in [0.25, 0.3) is 5.91 Å². The van der Waals surface area contributed by atoms with E-state index in [1.807, 2.05) is 24.3 Å². The Hall–Kier alpha value is -3.32. The van der Waals surface area contributed by atoms with Crippen molar-refractivity contribution < 1.29 is 18.7 Å². The predicted octanol–water partition coefficient (Wildman–Crippen LogP) is 3.22. The monoisotopic (exact) mass is 421 g/mol. The zero-order valence-electron chi connectivity index (χ0n) is 17.5. The van der Waals surface area contributed by atoms with Gasteiger partial charge in [0.15, 0.2) is 0 Å². The van der Waals surface area contributed by atoms with Gasteiger partial charge in [0, 0.05) is 26.0 Å². The van der Waals surface area contributed by atoms with Crippen LogP contribution in [0.25, 0.3) is 10.9 Å². The van der Waals surface area contributed by atoms with E-state index < -0.39 is 6.10 Å². The summed E-state index contributed by atoms with van der Waals surface area (Å²) in [5.74, 6) is -0.488. The first-order valence-electron chi connectivity index (χ1n) is 10.2. The maximum atomic E-state index is 13.1. The number of rotatable bonds is 4. The van der Waals surface area contributed by atoms with Crippen molar-refractivity contribution in [1.82, 2.24) is 14.8 Å². The topological polar surface area (TPSA) is 62.7 Å². The molecule has 0 spiro atoms. The van der Waals surface area contributed by atoms with Crippen LogP contribution in [0.4, 0.5) is 4.39 Å². The second-order valence-electron chi connectivity index (χ2n) is 7.81. The number of hydrogen-bond donors (Lipinski definition) is 0. The molecule has 0 bridgehead atoms. The maximum absolute atomic E-state index is 13.1. The number of hydrogen-bond acceptors (Lipinski definition) is 4. The zero-order chi connectivity index (χ0) is 22.0. The first kappa shape index (κ1) is 20.9. The van der Waals surface area contributed by atoms with E-state index in [1.54, 1.807) is 37.2 Å². The maximum Gasteiger partial charge on any atom is 0.254 e. The molecule has 0 N–H and O–H groups in total. The van der Waals surface area contributed by atoms with Crippen LogP contribution in [0.5, 0.6) is 0 Å². The summed E-state index contributed by atoms with van der Waals surface area (Å²) in [6.07, 6.45) is -0.230. The first-order chi connectivity index (χ1) is 14.9. The summed E-state index contributed by atoms with van der Waals surface area (Å²) in [5.41, 5.74) is 2.66. The Morgan fingerprint density at radius 1 is 1.16 bits per heavy atom. The average molecular weight is 421 g/mol. The number of aromatic nitrogens is 1. The van der Waals surface area contributed by atoms with E-state index in [0.29, 0.717) is 36.5 Å². The van der Waals surface area contributed by atoms with Crippen LogP contribution < -0.4 is 0 Å². The van der Waals surface area contributed by atoms with Crippen LogP contribution in [-0.4, -0.2) is 60.4 Å². The minimum absolute atomic E-state index is 0.0507. The van der Waals surface area contributed by atoms with Crippen molar-refractivity contribution in [2.45, 2.75) is 12.5 Å². The number of benzene rings is 2. The first-order valence-corrected chi connectivity index (χ1v) is 10.2. The second kappa shape index (κ2) is 8.81. The number of nitrogens with zero attached hydrogens (tertiary/aromatic N) is 3. The molecular formula is C24H24FN3O3. The number of morpholine rings is 1. The fourth-order valence-electron chi connectivity index (χ4n) is 3.72. The smallest absolute Gasteiger partial charge is 0.254 e. The molecule has 1 aliphatic heterocycles. The predicted molar refractivity (Wildman–Crippen MR) is 115 cm³/mol. The lowest BCUT2D eigenvalue weighted by Gasteiger charge is -2.33. The van der Waals surface area contributed by atoms with Crippen molar-refractivity contribution >= 4 is 22.7 Å². The Balaban J connectivity index is 1.58. The molecule has 0 radical (unpaired) electrons. The molecule has 160 valence electrons. The van der Waals surface area contributed by atoms with Crippen molar-refractivity contribution in [2.24, 2.45) is 0 Å². The second-order valence-corrected chi connectivity index (χ2v) is 7.81. The molecule has 3 aromatic rings. The van der Waals surface area contributed by atoms with Gasteiger partial charge in [-0.3, -0.25) is 9.59 Å². The fourth-order valence-corrected chi connectivity index (χ4v) is 3.72.